The molecule has 0 saturated carbocycles. The summed E-state index contributed by atoms with van der Waals surface area (Å²) >= 11 is 1.42. The number of hydrogen-bond donors (Lipinski definition) is 3. The predicted octanol–water partition coefficient (Wildman–Crippen LogP) is 1.05. The highest BCUT2D eigenvalue weighted by Gasteiger charge is 2.42. The van der Waals surface area contributed by atoms with E-state index in [0.717, 1.165) is 17.9 Å². The zero-order valence-electron chi connectivity index (χ0n) is 8.64. The minimum absolute atomic E-state index is 0.195. The molecular formula is C11H13NO3S. The Hall–Kier alpha value is -1.20. The van der Waals surface area contributed by atoms with Gasteiger partial charge in [0, 0.05) is 18.7 Å². The number of carboxylic acids is 1. The van der Waals surface area contributed by atoms with Crippen LogP contribution in [0.15, 0.2) is 24.3 Å². The number of aromatic hydroxyl groups is 1. The van der Waals surface area contributed by atoms with Gasteiger partial charge < -0.3 is 10.2 Å². The maximum Gasteiger partial charge on any atom is 0.334 e. The Kier molecular flexibility index (Phi) is 3.07. The summed E-state index contributed by atoms with van der Waals surface area (Å²) < 4.78 is 0. The third-order valence-corrected chi connectivity index (χ3v) is 3.96. The van der Waals surface area contributed by atoms with Gasteiger partial charge in [0.05, 0.1) is 0 Å². The van der Waals surface area contributed by atoms with Crippen LogP contribution < -0.4 is 5.32 Å². The van der Waals surface area contributed by atoms with Crippen LogP contribution in [0.4, 0.5) is 0 Å². The molecule has 0 aromatic heterocycles. The van der Waals surface area contributed by atoms with E-state index in [0.29, 0.717) is 6.42 Å². The first kappa shape index (κ1) is 11.3. The second-order valence-electron chi connectivity index (χ2n) is 3.75. The molecule has 86 valence electrons. The average Bonchev–Trinajstić information content (AvgIpc) is 2.71. The van der Waals surface area contributed by atoms with Crippen LogP contribution in [-0.2, 0) is 11.2 Å². The lowest BCUT2D eigenvalue weighted by molar-refractivity contribution is -0.140. The highest BCUT2D eigenvalue weighted by Crippen LogP contribution is 2.31. The Labute approximate surface area is 97.7 Å². The van der Waals surface area contributed by atoms with Crippen LogP contribution >= 0.6 is 11.8 Å². The zero-order valence-corrected chi connectivity index (χ0v) is 9.46. The monoisotopic (exact) mass is 239 g/mol. The van der Waals surface area contributed by atoms with Gasteiger partial charge in [0.2, 0.25) is 0 Å². The van der Waals surface area contributed by atoms with Crippen LogP contribution in [0.5, 0.6) is 5.75 Å². The minimum atomic E-state index is -0.906. The molecule has 1 unspecified atom stereocenters. The summed E-state index contributed by atoms with van der Waals surface area (Å²) in [6.07, 6.45) is 0.424. The molecule has 0 bridgehead atoms. The number of rotatable bonds is 3. The number of benzene rings is 1. The van der Waals surface area contributed by atoms with Gasteiger partial charge >= 0.3 is 5.97 Å². The summed E-state index contributed by atoms with van der Waals surface area (Å²) in [6, 6.07) is 6.65. The van der Waals surface area contributed by atoms with Crippen molar-refractivity contribution in [2.45, 2.75) is 11.3 Å². The third-order valence-electron chi connectivity index (χ3n) is 2.60. The minimum Gasteiger partial charge on any atom is -0.508 e. The molecular weight excluding hydrogens is 226 g/mol. The van der Waals surface area contributed by atoms with Crippen molar-refractivity contribution in [1.29, 1.82) is 0 Å². The molecule has 0 radical (unpaired) electrons. The molecule has 3 N–H and O–H groups in total. The molecule has 2 rings (SSSR count). The Morgan fingerprint density at radius 3 is 2.62 bits per heavy atom. The predicted molar refractivity (Wildman–Crippen MR) is 62.6 cm³/mol. The highest BCUT2D eigenvalue weighted by atomic mass is 32.2. The molecule has 4 nitrogen and oxygen atoms in total. The van der Waals surface area contributed by atoms with Crippen LogP contribution in [-0.4, -0.2) is 33.4 Å². The van der Waals surface area contributed by atoms with Crippen molar-refractivity contribution >= 4 is 17.7 Å². The molecule has 1 aliphatic rings. The van der Waals surface area contributed by atoms with E-state index in [1.165, 1.54) is 11.8 Å². The van der Waals surface area contributed by atoms with Gasteiger partial charge in [-0.1, -0.05) is 12.1 Å². The Morgan fingerprint density at radius 2 is 2.12 bits per heavy atom. The number of carboxylic acid groups (broad SMARTS) is 1. The van der Waals surface area contributed by atoms with E-state index in [9.17, 15) is 9.90 Å². The molecule has 0 aliphatic carbocycles. The van der Waals surface area contributed by atoms with Crippen molar-refractivity contribution in [3.63, 3.8) is 0 Å². The summed E-state index contributed by atoms with van der Waals surface area (Å²) in [5.41, 5.74) is 0.905. The van der Waals surface area contributed by atoms with Gasteiger partial charge in [0.15, 0.2) is 4.87 Å². The van der Waals surface area contributed by atoms with E-state index in [-0.39, 0.29) is 5.75 Å². The number of phenols is 1. The molecule has 0 amide bonds. The fourth-order valence-corrected chi connectivity index (χ4v) is 2.91. The number of thioether (sulfide) groups is 1. The van der Waals surface area contributed by atoms with Crippen LogP contribution in [0.3, 0.4) is 0 Å². The second-order valence-corrected chi connectivity index (χ2v) is 5.14. The molecule has 1 aliphatic heterocycles. The Morgan fingerprint density at radius 1 is 1.44 bits per heavy atom. The smallest absolute Gasteiger partial charge is 0.334 e. The molecule has 0 spiro atoms. The first-order valence-electron chi connectivity index (χ1n) is 5.03. The molecule has 5 heteroatoms. The van der Waals surface area contributed by atoms with Crippen molar-refractivity contribution in [1.82, 2.24) is 5.32 Å². The topological polar surface area (TPSA) is 69.6 Å². The van der Waals surface area contributed by atoms with E-state index in [1.807, 2.05) is 0 Å². The van der Waals surface area contributed by atoms with E-state index in [1.54, 1.807) is 24.3 Å². The van der Waals surface area contributed by atoms with Crippen molar-refractivity contribution in [2.24, 2.45) is 0 Å². The van der Waals surface area contributed by atoms with Gasteiger partial charge in [-0.25, -0.2) is 4.79 Å². The summed E-state index contributed by atoms with van der Waals surface area (Å²) in [5, 5.41) is 21.4. The third kappa shape index (κ3) is 2.15. The standard InChI is InChI=1S/C11H13NO3S/c13-9-3-1-8(2-4-9)7-11(10(14)15)12-5-6-16-11/h1-4,12-13H,5-7H2,(H,14,15). The molecule has 1 aromatic rings. The summed E-state index contributed by atoms with van der Waals surface area (Å²) in [7, 11) is 0. The second kappa shape index (κ2) is 4.35. The lowest BCUT2D eigenvalue weighted by Gasteiger charge is -2.23. The number of hydrogen-bond acceptors (Lipinski definition) is 4. The van der Waals surface area contributed by atoms with Gasteiger partial charge in [-0.3, -0.25) is 5.32 Å². The number of carbonyl (C=O) groups is 1. The largest absolute Gasteiger partial charge is 0.508 e. The van der Waals surface area contributed by atoms with Crippen molar-refractivity contribution in [3.8, 4) is 5.75 Å². The van der Waals surface area contributed by atoms with E-state index in [4.69, 9.17) is 5.11 Å². The average molecular weight is 239 g/mol. The van der Waals surface area contributed by atoms with E-state index < -0.39 is 10.8 Å². The summed E-state index contributed by atoms with van der Waals surface area (Å²) in [5.74, 6) is 0.174. The van der Waals surface area contributed by atoms with Crippen molar-refractivity contribution in [2.75, 3.05) is 12.3 Å². The Bertz CT molecular complexity index is 385. The zero-order chi connectivity index (χ0) is 11.6. The van der Waals surface area contributed by atoms with Crippen molar-refractivity contribution < 1.29 is 15.0 Å². The van der Waals surface area contributed by atoms with Crippen LogP contribution in [0.25, 0.3) is 0 Å². The highest BCUT2D eigenvalue weighted by molar-refractivity contribution is 8.01. The first-order valence-corrected chi connectivity index (χ1v) is 6.01. The number of aliphatic carboxylic acids is 1. The quantitative estimate of drug-likeness (QED) is 0.735. The molecule has 16 heavy (non-hydrogen) atoms. The maximum absolute atomic E-state index is 11.3. The Balaban J connectivity index is 2.18. The van der Waals surface area contributed by atoms with Gasteiger partial charge in [-0.15, -0.1) is 11.8 Å². The number of nitrogens with one attached hydrogen (secondary N) is 1. The molecule has 1 fully saturated rings. The van der Waals surface area contributed by atoms with Crippen molar-refractivity contribution in [3.05, 3.63) is 29.8 Å². The van der Waals surface area contributed by atoms with Crippen LogP contribution in [0.2, 0.25) is 0 Å². The SMILES string of the molecule is O=C(O)C1(Cc2ccc(O)cc2)NCCS1. The molecule has 1 atom stereocenters. The van der Waals surface area contributed by atoms with Gasteiger partial charge in [0.25, 0.3) is 0 Å². The van der Waals surface area contributed by atoms with Gasteiger partial charge in [-0.2, -0.15) is 0 Å². The lowest BCUT2D eigenvalue weighted by Crippen LogP contribution is -2.47. The normalized spacial score (nSPS) is 24.5. The molecule has 1 saturated heterocycles. The molecule has 1 aromatic carbocycles. The van der Waals surface area contributed by atoms with Gasteiger partial charge in [0.1, 0.15) is 5.75 Å². The lowest BCUT2D eigenvalue weighted by atomic mass is 10.1. The van der Waals surface area contributed by atoms with Crippen LogP contribution in [0.1, 0.15) is 5.56 Å². The maximum atomic E-state index is 11.3. The first-order chi connectivity index (χ1) is 7.62. The summed E-state index contributed by atoms with van der Waals surface area (Å²) in [6.45, 7) is 0.717. The fraction of sp³-hybridized carbons (Fsp3) is 0.364. The summed E-state index contributed by atoms with van der Waals surface area (Å²) in [4.78, 5) is 10.4. The van der Waals surface area contributed by atoms with Gasteiger partial charge in [-0.05, 0) is 17.7 Å². The van der Waals surface area contributed by atoms with E-state index >= 15 is 0 Å². The van der Waals surface area contributed by atoms with E-state index in [2.05, 4.69) is 5.32 Å². The number of phenolic OH excluding ortho intramolecular Hbond substituents is 1. The molecule has 1 heterocycles. The van der Waals surface area contributed by atoms with Crippen LogP contribution in [0, 0.1) is 0 Å². The fourth-order valence-electron chi connectivity index (χ4n) is 1.76.